The Hall–Kier alpha value is -3.69. The maximum atomic E-state index is 12.8. The number of anilines is 3. The molecule has 0 unspecified atom stereocenters. The number of ether oxygens (including phenoxy) is 1. The number of nitrogens with one attached hydrogen (secondary N) is 1. The lowest BCUT2D eigenvalue weighted by atomic mass is 10.1. The van der Waals surface area contributed by atoms with Gasteiger partial charge in [0.15, 0.2) is 12.4 Å². The van der Waals surface area contributed by atoms with E-state index in [9.17, 15) is 18.0 Å². The summed E-state index contributed by atoms with van der Waals surface area (Å²) >= 11 is 0. The van der Waals surface area contributed by atoms with Gasteiger partial charge in [-0.1, -0.05) is 24.3 Å². The molecule has 3 rings (SSSR count). The summed E-state index contributed by atoms with van der Waals surface area (Å²) in [4.78, 5) is 24.1. The third kappa shape index (κ3) is 5.18. The lowest BCUT2D eigenvalue weighted by Crippen LogP contribution is -2.12. The van der Waals surface area contributed by atoms with Gasteiger partial charge in [-0.15, -0.1) is 0 Å². The second kappa shape index (κ2) is 8.13. The van der Waals surface area contributed by atoms with Crippen LogP contribution in [0.25, 0.3) is 0 Å². The van der Waals surface area contributed by atoms with Gasteiger partial charge in [0.2, 0.25) is 11.9 Å². The van der Waals surface area contributed by atoms with E-state index in [4.69, 9.17) is 10.5 Å². The summed E-state index contributed by atoms with van der Waals surface area (Å²) in [5, 5.41) is 2.99. The highest BCUT2D eigenvalue weighted by Crippen LogP contribution is 2.29. The van der Waals surface area contributed by atoms with Crippen molar-refractivity contribution in [3.63, 3.8) is 0 Å². The van der Waals surface area contributed by atoms with E-state index in [1.165, 1.54) is 6.07 Å². The first-order valence-corrected chi connectivity index (χ1v) is 8.40. The molecule has 0 aliphatic rings. The molecule has 150 valence electrons. The van der Waals surface area contributed by atoms with Gasteiger partial charge in [0.25, 0.3) is 0 Å². The number of aromatic nitrogens is 3. The maximum absolute atomic E-state index is 12.8. The summed E-state index contributed by atoms with van der Waals surface area (Å²) < 4.78 is 43.4. The molecule has 0 aliphatic carbocycles. The number of alkyl halides is 3. The first kappa shape index (κ1) is 20.1. The zero-order chi connectivity index (χ0) is 21.0. The minimum atomic E-state index is -4.56. The average molecular weight is 403 g/mol. The van der Waals surface area contributed by atoms with Crippen LogP contribution in [0.1, 0.15) is 27.3 Å². The molecule has 3 N–H and O–H groups in total. The number of esters is 1. The standard InChI is InChI=1S/C19H16F3N5O2/c1-11-5-2-3-8-14(11)24-18-26-15(25-17(23)27-18)10-29-16(28)12-6-4-7-13(9-12)19(20,21)22/h2-9H,10H2,1H3,(H3,23,24,25,26,27). The Bertz CT molecular complexity index is 1040. The largest absolute Gasteiger partial charge is 0.454 e. The van der Waals surface area contributed by atoms with E-state index in [0.29, 0.717) is 0 Å². The first-order valence-electron chi connectivity index (χ1n) is 8.40. The summed E-state index contributed by atoms with van der Waals surface area (Å²) in [6.07, 6.45) is -4.56. The number of benzene rings is 2. The fourth-order valence-corrected chi connectivity index (χ4v) is 2.43. The molecule has 0 saturated heterocycles. The van der Waals surface area contributed by atoms with E-state index in [0.717, 1.165) is 29.4 Å². The zero-order valence-corrected chi connectivity index (χ0v) is 15.2. The van der Waals surface area contributed by atoms with Crippen molar-refractivity contribution in [2.45, 2.75) is 19.7 Å². The van der Waals surface area contributed by atoms with E-state index in [1.54, 1.807) is 0 Å². The van der Waals surface area contributed by atoms with Gasteiger partial charge in [-0.2, -0.15) is 28.1 Å². The van der Waals surface area contributed by atoms with Gasteiger partial charge in [0.05, 0.1) is 11.1 Å². The summed E-state index contributed by atoms with van der Waals surface area (Å²) in [7, 11) is 0. The molecule has 0 spiro atoms. The summed E-state index contributed by atoms with van der Waals surface area (Å²) in [5.41, 5.74) is 6.19. The Morgan fingerprint density at radius 2 is 1.86 bits per heavy atom. The van der Waals surface area contributed by atoms with Crippen LogP contribution >= 0.6 is 0 Å². The maximum Gasteiger partial charge on any atom is 0.416 e. The Morgan fingerprint density at radius 3 is 2.59 bits per heavy atom. The van der Waals surface area contributed by atoms with E-state index in [2.05, 4.69) is 20.3 Å². The molecule has 7 nitrogen and oxygen atoms in total. The zero-order valence-electron chi connectivity index (χ0n) is 15.2. The minimum absolute atomic E-state index is 0.0499. The number of nitrogen functional groups attached to an aromatic ring is 1. The highest BCUT2D eigenvalue weighted by Gasteiger charge is 2.31. The van der Waals surface area contributed by atoms with Crippen molar-refractivity contribution in [3.8, 4) is 0 Å². The van der Waals surface area contributed by atoms with Gasteiger partial charge >= 0.3 is 12.1 Å². The Morgan fingerprint density at radius 1 is 1.10 bits per heavy atom. The molecule has 0 atom stereocenters. The van der Waals surface area contributed by atoms with Crippen LogP contribution < -0.4 is 11.1 Å². The van der Waals surface area contributed by atoms with Crippen LogP contribution in [0.4, 0.5) is 30.8 Å². The Kier molecular flexibility index (Phi) is 5.62. The van der Waals surface area contributed by atoms with Crippen LogP contribution in [0.2, 0.25) is 0 Å². The summed E-state index contributed by atoms with van der Waals surface area (Å²) in [6.45, 7) is 1.51. The second-order valence-corrected chi connectivity index (χ2v) is 6.03. The summed E-state index contributed by atoms with van der Waals surface area (Å²) in [6, 6.07) is 11.4. The number of para-hydroxylation sites is 1. The number of hydrogen-bond acceptors (Lipinski definition) is 7. The van der Waals surface area contributed by atoms with Crippen LogP contribution in [0.5, 0.6) is 0 Å². The quantitative estimate of drug-likeness (QED) is 0.623. The van der Waals surface area contributed by atoms with Crippen molar-refractivity contribution in [1.82, 2.24) is 15.0 Å². The van der Waals surface area contributed by atoms with E-state index in [-0.39, 0.29) is 29.9 Å². The van der Waals surface area contributed by atoms with Crippen LogP contribution in [-0.4, -0.2) is 20.9 Å². The monoisotopic (exact) mass is 403 g/mol. The van der Waals surface area contributed by atoms with Crippen LogP contribution in [0, 0.1) is 6.92 Å². The van der Waals surface area contributed by atoms with Crippen molar-refractivity contribution in [1.29, 1.82) is 0 Å². The highest BCUT2D eigenvalue weighted by atomic mass is 19.4. The number of aryl methyl sites for hydroxylation is 1. The molecular weight excluding hydrogens is 387 g/mol. The van der Waals surface area contributed by atoms with Gasteiger partial charge in [-0.05, 0) is 36.8 Å². The normalized spacial score (nSPS) is 11.2. The number of nitrogens with zero attached hydrogens (tertiary/aromatic N) is 3. The van der Waals surface area contributed by atoms with Gasteiger partial charge < -0.3 is 15.8 Å². The van der Waals surface area contributed by atoms with Crippen molar-refractivity contribution in [2.24, 2.45) is 0 Å². The highest BCUT2D eigenvalue weighted by molar-refractivity contribution is 5.89. The number of halogens is 3. The Labute approximate surface area is 163 Å². The molecule has 2 aromatic carbocycles. The van der Waals surface area contributed by atoms with E-state index >= 15 is 0 Å². The number of nitrogens with two attached hydrogens (primary N) is 1. The number of hydrogen-bond donors (Lipinski definition) is 2. The third-order valence-electron chi connectivity index (χ3n) is 3.85. The summed E-state index contributed by atoms with van der Waals surface area (Å²) in [5.74, 6) is -0.837. The molecule has 0 saturated carbocycles. The minimum Gasteiger partial charge on any atom is -0.454 e. The molecule has 1 aromatic heterocycles. The molecule has 0 amide bonds. The molecule has 1 heterocycles. The van der Waals surface area contributed by atoms with E-state index in [1.807, 2.05) is 31.2 Å². The second-order valence-electron chi connectivity index (χ2n) is 6.03. The smallest absolute Gasteiger partial charge is 0.416 e. The van der Waals surface area contributed by atoms with Crippen molar-refractivity contribution >= 4 is 23.6 Å². The molecule has 10 heteroatoms. The van der Waals surface area contributed by atoms with Crippen molar-refractivity contribution in [2.75, 3.05) is 11.1 Å². The number of rotatable bonds is 5. The first-order chi connectivity index (χ1) is 13.7. The average Bonchev–Trinajstić information content (AvgIpc) is 2.67. The number of carbonyl (C=O) groups excluding carboxylic acids is 1. The van der Waals surface area contributed by atoms with Crippen molar-refractivity contribution in [3.05, 3.63) is 71.0 Å². The number of carbonyl (C=O) groups is 1. The molecule has 0 fully saturated rings. The predicted octanol–water partition coefficient (Wildman–Crippen LogP) is 3.88. The SMILES string of the molecule is Cc1ccccc1Nc1nc(N)nc(COC(=O)c2cccc(C(F)(F)F)c2)n1. The predicted molar refractivity (Wildman–Crippen MR) is 99.3 cm³/mol. The van der Waals surface area contributed by atoms with E-state index < -0.39 is 17.7 Å². The fraction of sp³-hybridized carbons (Fsp3) is 0.158. The van der Waals surface area contributed by atoms with Crippen molar-refractivity contribution < 1.29 is 22.7 Å². The van der Waals surface area contributed by atoms with Gasteiger partial charge in [0.1, 0.15) is 0 Å². The molecule has 29 heavy (non-hydrogen) atoms. The molecular formula is C19H16F3N5O2. The topological polar surface area (TPSA) is 103 Å². The van der Waals surface area contributed by atoms with Gasteiger partial charge in [-0.25, -0.2) is 4.79 Å². The molecule has 0 bridgehead atoms. The molecule has 3 aromatic rings. The third-order valence-corrected chi connectivity index (χ3v) is 3.85. The van der Waals surface area contributed by atoms with Crippen LogP contribution in [0.3, 0.4) is 0 Å². The molecule has 0 radical (unpaired) electrons. The fourth-order valence-electron chi connectivity index (χ4n) is 2.43. The van der Waals surface area contributed by atoms with Gasteiger partial charge in [-0.3, -0.25) is 0 Å². The lowest BCUT2D eigenvalue weighted by Gasteiger charge is -2.10. The molecule has 0 aliphatic heterocycles. The van der Waals surface area contributed by atoms with Crippen LogP contribution in [-0.2, 0) is 17.5 Å². The van der Waals surface area contributed by atoms with Gasteiger partial charge in [0, 0.05) is 5.69 Å². The Balaban J connectivity index is 1.72. The lowest BCUT2D eigenvalue weighted by molar-refractivity contribution is -0.137. The van der Waals surface area contributed by atoms with Crippen LogP contribution in [0.15, 0.2) is 48.5 Å².